The van der Waals surface area contributed by atoms with Crippen molar-refractivity contribution in [3.8, 4) is 0 Å². The Labute approximate surface area is 78.4 Å². The molecule has 0 N–H and O–H groups in total. The second kappa shape index (κ2) is 3.40. The molecule has 0 aliphatic carbocycles. The van der Waals surface area contributed by atoms with Crippen molar-refractivity contribution in [3.05, 3.63) is 11.8 Å². The predicted molar refractivity (Wildman–Crippen MR) is 49.2 cm³/mol. The Balaban J connectivity index is 2.14. The van der Waals surface area contributed by atoms with Gasteiger partial charge in [0.2, 0.25) is 0 Å². The number of nitrogens with zero attached hydrogens (tertiary/aromatic N) is 1. The SMILES string of the molecule is CCC1CC2=CCCCN2C(=O)O1. The lowest BCUT2D eigenvalue weighted by Gasteiger charge is -2.35. The average molecular weight is 181 g/mol. The van der Waals surface area contributed by atoms with Crippen LogP contribution in [0.5, 0.6) is 0 Å². The topological polar surface area (TPSA) is 29.5 Å². The zero-order chi connectivity index (χ0) is 9.26. The lowest BCUT2D eigenvalue weighted by molar-refractivity contribution is 0.0400. The van der Waals surface area contributed by atoms with Crippen LogP contribution in [0.1, 0.15) is 32.6 Å². The van der Waals surface area contributed by atoms with Crippen LogP contribution >= 0.6 is 0 Å². The molecule has 1 fully saturated rings. The third-order valence-corrected chi connectivity index (χ3v) is 2.69. The van der Waals surface area contributed by atoms with Gasteiger partial charge in [0.25, 0.3) is 0 Å². The molecule has 0 aromatic carbocycles. The van der Waals surface area contributed by atoms with Crippen molar-refractivity contribution in [3.63, 3.8) is 0 Å². The summed E-state index contributed by atoms with van der Waals surface area (Å²) in [5.74, 6) is 0. The van der Waals surface area contributed by atoms with Gasteiger partial charge in [-0.15, -0.1) is 0 Å². The van der Waals surface area contributed by atoms with Gasteiger partial charge in [0.05, 0.1) is 0 Å². The number of ether oxygens (including phenoxy) is 1. The second-order valence-corrected chi connectivity index (χ2v) is 3.61. The molecule has 2 aliphatic rings. The Bertz CT molecular complexity index is 247. The highest BCUT2D eigenvalue weighted by Crippen LogP contribution is 2.27. The highest BCUT2D eigenvalue weighted by atomic mass is 16.6. The molecule has 0 aromatic rings. The molecule has 1 amide bonds. The largest absolute Gasteiger partial charge is 0.445 e. The van der Waals surface area contributed by atoms with Crippen LogP contribution in [0.3, 0.4) is 0 Å². The number of carbonyl (C=O) groups is 1. The van der Waals surface area contributed by atoms with Crippen LogP contribution in [0.2, 0.25) is 0 Å². The molecule has 0 saturated carbocycles. The monoisotopic (exact) mass is 181 g/mol. The van der Waals surface area contributed by atoms with Gasteiger partial charge in [-0.25, -0.2) is 4.79 Å². The van der Waals surface area contributed by atoms with Gasteiger partial charge in [-0.05, 0) is 19.3 Å². The summed E-state index contributed by atoms with van der Waals surface area (Å²) in [5, 5.41) is 0. The number of rotatable bonds is 1. The number of amides is 1. The van der Waals surface area contributed by atoms with E-state index in [4.69, 9.17) is 4.74 Å². The molecule has 0 radical (unpaired) electrons. The van der Waals surface area contributed by atoms with E-state index in [9.17, 15) is 4.79 Å². The molecule has 1 saturated heterocycles. The van der Waals surface area contributed by atoms with E-state index in [1.54, 1.807) is 4.90 Å². The number of cyclic esters (lactones) is 1. The van der Waals surface area contributed by atoms with Crippen molar-refractivity contribution in [2.75, 3.05) is 6.54 Å². The van der Waals surface area contributed by atoms with Crippen LogP contribution in [-0.2, 0) is 4.74 Å². The molecular formula is C10H15NO2. The van der Waals surface area contributed by atoms with Crippen molar-refractivity contribution < 1.29 is 9.53 Å². The molecular weight excluding hydrogens is 166 g/mol. The smallest absolute Gasteiger partial charge is 0.414 e. The first-order valence-corrected chi connectivity index (χ1v) is 4.98. The Hall–Kier alpha value is -0.990. The van der Waals surface area contributed by atoms with E-state index in [1.165, 1.54) is 5.70 Å². The van der Waals surface area contributed by atoms with Crippen LogP contribution in [0.4, 0.5) is 4.79 Å². The number of hydrogen-bond acceptors (Lipinski definition) is 2. The third-order valence-electron chi connectivity index (χ3n) is 2.69. The minimum Gasteiger partial charge on any atom is -0.445 e. The van der Waals surface area contributed by atoms with E-state index >= 15 is 0 Å². The zero-order valence-corrected chi connectivity index (χ0v) is 7.95. The first-order chi connectivity index (χ1) is 6.31. The summed E-state index contributed by atoms with van der Waals surface area (Å²) in [6, 6.07) is 0. The maximum absolute atomic E-state index is 11.5. The van der Waals surface area contributed by atoms with Gasteiger partial charge in [-0.1, -0.05) is 13.0 Å². The molecule has 1 atom stereocenters. The van der Waals surface area contributed by atoms with E-state index in [-0.39, 0.29) is 12.2 Å². The van der Waals surface area contributed by atoms with Crippen LogP contribution < -0.4 is 0 Å². The molecule has 0 aromatic heterocycles. The number of hydrogen-bond donors (Lipinski definition) is 0. The fraction of sp³-hybridized carbons (Fsp3) is 0.700. The molecule has 0 bridgehead atoms. The van der Waals surface area contributed by atoms with Crippen molar-refractivity contribution >= 4 is 6.09 Å². The first kappa shape index (κ1) is 8.60. The second-order valence-electron chi connectivity index (χ2n) is 3.61. The van der Waals surface area contributed by atoms with Gasteiger partial charge in [0.15, 0.2) is 0 Å². The Kier molecular flexibility index (Phi) is 2.25. The van der Waals surface area contributed by atoms with Gasteiger partial charge in [-0.3, -0.25) is 4.90 Å². The van der Waals surface area contributed by atoms with Crippen molar-refractivity contribution in [2.45, 2.75) is 38.7 Å². The number of fused-ring (bicyclic) bond motifs is 1. The van der Waals surface area contributed by atoms with Crippen molar-refractivity contribution in [2.24, 2.45) is 0 Å². The van der Waals surface area contributed by atoms with Gasteiger partial charge in [0, 0.05) is 18.7 Å². The third kappa shape index (κ3) is 1.55. The summed E-state index contributed by atoms with van der Waals surface area (Å²) in [6.45, 7) is 2.89. The molecule has 13 heavy (non-hydrogen) atoms. The van der Waals surface area contributed by atoms with Crippen LogP contribution in [-0.4, -0.2) is 23.6 Å². The molecule has 3 nitrogen and oxygen atoms in total. The first-order valence-electron chi connectivity index (χ1n) is 4.98. The predicted octanol–water partition coefficient (Wildman–Crippen LogP) is 2.29. The summed E-state index contributed by atoms with van der Waals surface area (Å²) >= 11 is 0. The van der Waals surface area contributed by atoms with E-state index in [2.05, 4.69) is 13.0 Å². The molecule has 2 rings (SSSR count). The molecule has 2 aliphatic heterocycles. The summed E-state index contributed by atoms with van der Waals surface area (Å²) in [4.78, 5) is 13.2. The summed E-state index contributed by atoms with van der Waals surface area (Å²) in [7, 11) is 0. The maximum atomic E-state index is 11.5. The maximum Gasteiger partial charge on any atom is 0.414 e. The van der Waals surface area contributed by atoms with Gasteiger partial charge in [0.1, 0.15) is 6.10 Å². The van der Waals surface area contributed by atoms with Crippen LogP contribution in [0, 0.1) is 0 Å². The van der Waals surface area contributed by atoms with Gasteiger partial charge < -0.3 is 4.74 Å². The number of carbonyl (C=O) groups excluding carboxylic acids is 1. The van der Waals surface area contributed by atoms with E-state index in [1.807, 2.05) is 0 Å². The lowest BCUT2D eigenvalue weighted by atomic mass is 10.0. The van der Waals surface area contributed by atoms with E-state index in [0.717, 1.165) is 32.2 Å². The van der Waals surface area contributed by atoms with Crippen LogP contribution in [0.25, 0.3) is 0 Å². The average Bonchev–Trinajstić information content (AvgIpc) is 2.18. The van der Waals surface area contributed by atoms with Crippen LogP contribution in [0.15, 0.2) is 11.8 Å². The molecule has 0 spiro atoms. The van der Waals surface area contributed by atoms with Gasteiger partial charge in [-0.2, -0.15) is 0 Å². The zero-order valence-electron chi connectivity index (χ0n) is 7.95. The molecule has 3 heteroatoms. The lowest BCUT2D eigenvalue weighted by Crippen LogP contribution is -2.41. The quantitative estimate of drug-likeness (QED) is 0.621. The van der Waals surface area contributed by atoms with E-state index < -0.39 is 0 Å². The van der Waals surface area contributed by atoms with E-state index in [0.29, 0.717) is 0 Å². The highest BCUT2D eigenvalue weighted by molar-refractivity contribution is 5.71. The van der Waals surface area contributed by atoms with Crippen molar-refractivity contribution in [1.29, 1.82) is 0 Å². The van der Waals surface area contributed by atoms with Gasteiger partial charge >= 0.3 is 6.09 Å². The Morgan fingerprint density at radius 3 is 3.31 bits per heavy atom. The molecule has 72 valence electrons. The summed E-state index contributed by atoms with van der Waals surface area (Å²) in [5.41, 5.74) is 1.18. The fourth-order valence-electron chi connectivity index (χ4n) is 1.88. The van der Waals surface area contributed by atoms with Crippen molar-refractivity contribution in [1.82, 2.24) is 4.90 Å². The standard InChI is InChI=1S/C10H15NO2/c1-2-9-7-8-5-3-4-6-11(8)10(12)13-9/h5,9H,2-4,6-7H2,1H3. The Morgan fingerprint density at radius 1 is 1.69 bits per heavy atom. The normalized spacial score (nSPS) is 27.8. The minimum atomic E-state index is -0.149. The number of allylic oxidation sites excluding steroid dienone is 1. The Morgan fingerprint density at radius 2 is 2.54 bits per heavy atom. The summed E-state index contributed by atoms with van der Waals surface area (Å²) < 4.78 is 5.25. The molecule has 1 unspecified atom stereocenters. The fourth-order valence-corrected chi connectivity index (χ4v) is 1.88. The molecule has 2 heterocycles. The summed E-state index contributed by atoms with van der Waals surface area (Å²) in [6.07, 6.45) is 6.12. The minimum absolute atomic E-state index is 0.105. The highest BCUT2D eigenvalue weighted by Gasteiger charge is 2.30.